The molecule has 0 aliphatic heterocycles. The first-order chi connectivity index (χ1) is 4.94. The predicted molar refractivity (Wildman–Crippen MR) is 48.2 cm³/mol. The van der Waals surface area contributed by atoms with Gasteiger partial charge in [-0.1, -0.05) is 0 Å². The fourth-order valence-corrected chi connectivity index (χ4v) is 3.51. The van der Waals surface area contributed by atoms with E-state index in [1.165, 1.54) is 4.44 Å². The van der Waals surface area contributed by atoms with Gasteiger partial charge in [-0.2, -0.15) is 0 Å². The zero-order valence-electron chi connectivity index (χ0n) is 7.63. The summed E-state index contributed by atoms with van der Waals surface area (Å²) < 4.78 is 7.93. The standard InChI is InChI=1S/C5H5.C2H5.2CH3.Cr.H2N/c1-2-4-5-3-1;1-2;;;;/h1-3H,4H2;1H2,2H3;2*1H3;;1H2/q;;;;+1;-1. The minimum absolute atomic E-state index is 1.09. The van der Waals surface area contributed by atoms with Gasteiger partial charge in [0.05, 0.1) is 0 Å². The predicted octanol–water partition coefficient (Wildman–Crippen LogP) is 2.93. The average Bonchev–Trinajstić information content (AvgIpc) is 2.38. The monoisotopic (exact) mass is 192 g/mol. The molecule has 2 heteroatoms. The van der Waals surface area contributed by atoms with Crippen molar-refractivity contribution in [3.05, 3.63) is 22.7 Å². The van der Waals surface area contributed by atoms with E-state index in [2.05, 4.69) is 36.7 Å². The molecule has 0 amide bonds. The molecule has 0 fully saturated rings. The summed E-state index contributed by atoms with van der Waals surface area (Å²) in [4.78, 5) is 0. The van der Waals surface area contributed by atoms with Gasteiger partial charge in [0.1, 0.15) is 0 Å². The van der Waals surface area contributed by atoms with Crippen molar-refractivity contribution in [1.82, 2.24) is 0 Å². The van der Waals surface area contributed by atoms with Crippen molar-refractivity contribution in [2.75, 3.05) is 0 Å². The van der Waals surface area contributed by atoms with Gasteiger partial charge in [0, 0.05) is 0 Å². The fraction of sp³-hybridized carbons (Fsp3) is 0.556. The summed E-state index contributed by atoms with van der Waals surface area (Å²) in [6.45, 7) is 2.21. The van der Waals surface area contributed by atoms with E-state index in [4.69, 9.17) is 4.72 Å². The maximum absolute atomic E-state index is 6.42. The van der Waals surface area contributed by atoms with Crippen LogP contribution in [0.15, 0.2) is 22.7 Å². The van der Waals surface area contributed by atoms with Gasteiger partial charge >= 0.3 is 69.8 Å². The third-order valence-corrected chi connectivity index (χ3v) is 8.42. The van der Waals surface area contributed by atoms with E-state index in [0.29, 0.717) is 0 Å². The van der Waals surface area contributed by atoms with Gasteiger partial charge in [0.25, 0.3) is 0 Å². The van der Waals surface area contributed by atoms with E-state index in [9.17, 15) is 0 Å². The zero-order valence-corrected chi connectivity index (χ0v) is 8.91. The van der Waals surface area contributed by atoms with Crippen LogP contribution >= 0.6 is 0 Å². The molecular formula is C9H18CrN. The van der Waals surface area contributed by atoms with Gasteiger partial charge in [-0.25, -0.2) is 0 Å². The van der Waals surface area contributed by atoms with Crippen molar-refractivity contribution in [3.63, 3.8) is 0 Å². The number of hydrogen-bond donors (Lipinski definition) is 1. The summed E-state index contributed by atoms with van der Waals surface area (Å²) >= 11 is -2.30. The average molecular weight is 192 g/mol. The summed E-state index contributed by atoms with van der Waals surface area (Å²) in [6, 6.07) is 0. The topological polar surface area (TPSA) is 26.0 Å². The summed E-state index contributed by atoms with van der Waals surface area (Å²) in [7, 11) is 0. The molecule has 1 nitrogen and oxygen atoms in total. The Labute approximate surface area is 70.2 Å². The number of rotatable bonds is 2. The van der Waals surface area contributed by atoms with Gasteiger partial charge in [0.2, 0.25) is 0 Å². The molecule has 0 spiro atoms. The molecule has 1 rings (SSSR count). The van der Waals surface area contributed by atoms with E-state index in [-0.39, 0.29) is 0 Å². The van der Waals surface area contributed by atoms with Crippen LogP contribution in [-0.2, 0) is 12.2 Å². The van der Waals surface area contributed by atoms with Gasteiger partial charge < -0.3 is 0 Å². The Morgan fingerprint density at radius 1 is 1.55 bits per heavy atom. The fourth-order valence-electron chi connectivity index (χ4n) is 1.11. The summed E-state index contributed by atoms with van der Waals surface area (Å²) in [5.74, 6) is 4.55. The quantitative estimate of drug-likeness (QED) is 0.715. The van der Waals surface area contributed by atoms with Crippen LogP contribution in [0.1, 0.15) is 13.3 Å². The van der Waals surface area contributed by atoms with Crippen LogP contribution in [0.25, 0.3) is 0 Å². The second-order valence-corrected chi connectivity index (χ2v) is 12.7. The van der Waals surface area contributed by atoms with Crippen molar-refractivity contribution < 1.29 is 12.2 Å². The van der Waals surface area contributed by atoms with Crippen molar-refractivity contribution in [2.24, 2.45) is 4.72 Å². The number of hydrogen-bond acceptors (Lipinski definition) is 1. The van der Waals surface area contributed by atoms with Crippen LogP contribution in [-0.4, -0.2) is 0 Å². The molecule has 0 heterocycles. The molecule has 0 saturated heterocycles. The van der Waals surface area contributed by atoms with Gasteiger partial charge in [0.15, 0.2) is 0 Å². The van der Waals surface area contributed by atoms with E-state index in [0.717, 1.165) is 11.7 Å². The Kier molecular flexibility index (Phi) is 2.05. The first-order valence-electron chi connectivity index (χ1n) is 3.97. The second kappa shape index (κ2) is 2.49. The molecule has 11 heavy (non-hydrogen) atoms. The molecule has 65 valence electrons. The second-order valence-electron chi connectivity index (χ2n) is 3.85. The molecule has 0 aromatic rings. The normalized spacial score (nSPS) is 21.1. The van der Waals surface area contributed by atoms with Crippen molar-refractivity contribution >= 4 is 0 Å². The molecule has 1 aliphatic carbocycles. The van der Waals surface area contributed by atoms with Crippen LogP contribution < -0.4 is 4.72 Å². The molecule has 0 radical (unpaired) electrons. The molecular weight excluding hydrogens is 174 g/mol. The van der Waals surface area contributed by atoms with Gasteiger partial charge in [-0.05, 0) is 0 Å². The number of nitrogens with two attached hydrogens (primary N) is 1. The van der Waals surface area contributed by atoms with E-state index in [1.807, 2.05) is 0 Å². The zero-order chi connectivity index (χ0) is 8.56. The summed E-state index contributed by atoms with van der Waals surface area (Å²) in [5.41, 5.74) is 0. The van der Waals surface area contributed by atoms with Crippen LogP contribution in [0.4, 0.5) is 0 Å². The Morgan fingerprint density at radius 3 is 2.55 bits per heavy atom. The van der Waals surface area contributed by atoms with Crippen molar-refractivity contribution in [3.8, 4) is 0 Å². The van der Waals surface area contributed by atoms with E-state index < -0.39 is 12.2 Å². The number of allylic oxidation sites excluding steroid dienone is 4. The Morgan fingerprint density at radius 2 is 2.18 bits per heavy atom. The molecule has 0 unspecified atom stereocenters. The SMILES string of the molecule is C[CH2][Cr]([CH3])([CH3])([NH2])[C]1=CC=CC1. The Bertz CT molecular complexity index is 217. The van der Waals surface area contributed by atoms with Gasteiger partial charge in [-0.3, -0.25) is 0 Å². The summed E-state index contributed by atoms with van der Waals surface area (Å²) in [5, 5.41) is 1.15. The molecule has 0 atom stereocenters. The first kappa shape index (κ1) is 9.06. The third kappa shape index (κ3) is 1.76. The third-order valence-electron chi connectivity index (χ3n) is 2.49. The molecule has 0 aromatic carbocycles. The molecule has 1 aliphatic rings. The molecule has 0 saturated carbocycles. The van der Waals surface area contributed by atoms with Crippen molar-refractivity contribution in [2.45, 2.75) is 30.2 Å². The summed E-state index contributed by atoms with van der Waals surface area (Å²) in [6.07, 6.45) is 7.63. The van der Waals surface area contributed by atoms with Crippen LogP contribution in [0.2, 0.25) is 16.9 Å². The van der Waals surface area contributed by atoms with Gasteiger partial charge in [-0.15, -0.1) is 0 Å². The minimum atomic E-state index is -2.30. The molecule has 0 bridgehead atoms. The molecule has 2 N–H and O–H groups in total. The van der Waals surface area contributed by atoms with Crippen LogP contribution in [0, 0.1) is 0 Å². The van der Waals surface area contributed by atoms with Crippen LogP contribution in [0.5, 0.6) is 0 Å². The Hall–Kier alpha value is -0.0275. The van der Waals surface area contributed by atoms with E-state index >= 15 is 0 Å². The van der Waals surface area contributed by atoms with Crippen molar-refractivity contribution in [1.29, 1.82) is 0 Å². The molecule has 0 aromatic heterocycles. The Balaban J connectivity index is 2.89. The van der Waals surface area contributed by atoms with Crippen LogP contribution in [0.3, 0.4) is 0 Å². The first-order valence-corrected chi connectivity index (χ1v) is 8.79. The maximum atomic E-state index is 6.42. The van der Waals surface area contributed by atoms with E-state index in [1.54, 1.807) is 0 Å².